The van der Waals surface area contributed by atoms with Crippen LogP contribution in [0.25, 0.3) is 0 Å². The number of nitrogens with one attached hydrogen (secondary N) is 5. The molecule has 3 rings (SSSR count). The summed E-state index contributed by atoms with van der Waals surface area (Å²) in [5.41, 5.74) is 2.48. The number of carbonyl (C=O) groups excluding carboxylic acids is 4. The highest BCUT2D eigenvalue weighted by molar-refractivity contribution is 7.92. The minimum atomic E-state index is -3.72. The lowest BCUT2D eigenvalue weighted by Gasteiger charge is -2.25. The molecule has 52 heavy (non-hydrogen) atoms. The quantitative estimate of drug-likeness (QED) is 0.126. The molecule has 0 aliphatic rings. The number of benzene rings is 3. The predicted octanol–water partition coefficient (Wildman–Crippen LogP) is 3.43. The van der Waals surface area contributed by atoms with Crippen molar-refractivity contribution in [2.45, 2.75) is 78.0 Å². The van der Waals surface area contributed by atoms with Gasteiger partial charge in [0, 0.05) is 43.3 Å². The Labute approximate surface area is 308 Å². The summed E-state index contributed by atoms with van der Waals surface area (Å²) in [6.07, 6.45) is 2.90. The maximum atomic E-state index is 13.9. The fourth-order valence-corrected chi connectivity index (χ4v) is 5.99. The SMILES string of the molecule is CCNC(=O)[C@@H](NC(=O)[C@H](C)NC[C@H](Cc1ccccc1)NC(=O)c1cc(C(=O)NC(C)CCc2ccccc2)cc(N(C)S(C)(=O)=O)c1)C(C)C. The molecule has 0 heterocycles. The van der Waals surface area contributed by atoms with E-state index < -0.39 is 40.0 Å². The monoisotopic (exact) mass is 734 g/mol. The number of amides is 4. The van der Waals surface area contributed by atoms with Gasteiger partial charge in [-0.3, -0.25) is 23.5 Å². The van der Waals surface area contributed by atoms with E-state index in [1.807, 2.05) is 88.4 Å². The van der Waals surface area contributed by atoms with Gasteiger partial charge in [-0.2, -0.15) is 0 Å². The number of hydrogen-bond donors (Lipinski definition) is 5. The molecule has 4 atom stereocenters. The van der Waals surface area contributed by atoms with Crippen molar-refractivity contribution in [2.24, 2.45) is 5.92 Å². The molecule has 0 fully saturated rings. The zero-order chi connectivity index (χ0) is 38.4. The molecular weight excluding hydrogens is 681 g/mol. The van der Waals surface area contributed by atoms with Crippen LogP contribution in [0.2, 0.25) is 0 Å². The van der Waals surface area contributed by atoms with Crippen LogP contribution >= 0.6 is 0 Å². The molecule has 3 aromatic rings. The van der Waals surface area contributed by atoms with Crippen LogP contribution in [0.3, 0.4) is 0 Å². The number of aryl methyl sites for hydroxylation is 1. The highest BCUT2D eigenvalue weighted by atomic mass is 32.2. The Bertz CT molecular complexity index is 1750. The van der Waals surface area contributed by atoms with Gasteiger partial charge in [0.2, 0.25) is 21.8 Å². The molecule has 3 aromatic carbocycles. The minimum Gasteiger partial charge on any atom is -0.355 e. The van der Waals surface area contributed by atoms with Gasteiger partial charge < -0.3 is 26.6 Å². The molecule has 0 bridgehead atoms. The van der Waals surface area contributed by atoms with Crippen molar-refractivity contribution in [3.63, 3.8) is 0 Å². The second kappa shape index (κ2) is 19.7. The van der Waals surface area contributed by atoms with Crippen molar-refractivity contribution >= 4 is 39.3 Å². The summed E-state index contributed by atoms with van der Waals surface area (Å²) in [6.45, 7) is 9.74. The van der Waals surface area contributed by atoms with Crippen molar-refractivity contribution in [1.82, 2.24) is 26.6 Å². The first-order chi connectivity index (χ1) is 24.6. The first-order valence-electron chi connectivity index (χ1n) is 17.7. The number of nitrogens with zero attached hydrogens (tertiary/aromatic N) is 1. The van der Waals surface area contributed by atoms with E-state index in [0.29, 0.717) is 19.4 Å². The molecular formula is C39H54N6O6S. The van der Waals surface area contributed by atoms with E-state index in [1.54, 1.807) is 6.92 Å². The molecule has 1 unspecified atom stereocenters. The van der Waals surface area contributed by atoms with Gasteiger partial charge in [-0.05, 0) is 75.3 Å². The van der Waals surface area contributed by atoms with Crippen molar-refractivity contribution in [3.8, 4) is 0 Å². The van der Waals surface area contributed by atoms with E-state index in [4.69, 9.17) is 0 Å². The number of hydrogen-bond acceptors (Lipinski definition) is 7. The molecule has 0 spiro atoms. The van der Waals surface area contributed by atoms with Crippen molar-refractivity contribution in [1.29, 1.82) is 0 Å². The Morgan fingerprint density at radius 3 is 1.85 bits per heavy atom. The molecule has 282 valence electrons. The number of rotatable bonds is 19. The van der Waals surface area contributed by atoms with Crippen molar-refractivity contribution in [2.75, 3.05) is 30.7 Å². The average Bonchev–Trinajstić information content (AvgIpc) is 3.11. The third-order valence-corrected chi connectivity index (χ3v) is 9.92. The van der Waals surface area contributed by atoms with E-state index in [9.17, 15) is 27.6 Å². The summed E-state index contributed by atoms with van der Waals surface area (Å²) in [4.78, 5) is 53.0. The van der Waals surface area contributed by atoms with Crippen LogP contribution in [-0.2, 0) is 32.5 Å². The molecule has 0 radical (unpaired) electrons. The number of carbonyl (C=O) groups is 4. The van der Waals surface area contributed by atoms with Crippen molar-refractivity contribution < 1.29 is 27.6 Å². The van der Waals surface area contributed by atoms with Gasteiger partial charge in [0.15, 0.2) is 0 Å². The van der Waals surface area contributed by atoms with E-state index in [0.717, 1.165) is 28.1 Å². The third kappa shape index (κ3) is 13.1. The predicted molar refractivity (Wildman–Crippen MR) is 206 cm³/mol. The third-order valence-electron chi connectivity index (χ3n) is 8.71. The van der Waals surface area contributed by atoms with Gasteiger partial charge in [-0.15, -0.1) is 0 Å². The summed E-state index contributed by atoms with van der Waals surface area (Å²) in [5.74, 6) is -1.71. The lowest BCUT2D eigenvalue weighted by atomic mass is 10.0. The second-order valence-corrected chi connectivity index (χ2v) is 15.5. The molecule has 0 aliphatic carbocycles. The van der Waals surface area contributed by atoms with E-state index in [-0.39, 0.29) is 47.1 Å². The van der Waals surface area contributed by atoms with E-state index >= 15 is 0 Å². The fraction of sp³-hybridized carbons (Fsp3) is 0.436. The van der Waals surface area contributed by atoms with Crippen LogP contribution in [0.15, 0.2) is 78.9 Å². The maximum Gasteiger partial charge on any atom is 0.251 e. The molecule has 4 amide bonds. The molecule has 5 N–H and O–H groups in total. The first-order valence-corrected chi connectivity index (χ1v) is 19.5. The Morgan fingerprint density at radius 2 is 1.31 bits per heavy atom. The zero-order valence-electron chi connectivity index (χ0n) is 31.2. The van der Waals surface area contributed by atoms with E-state index in [2.05, 4.69) is 26.6 Å². The van der Waals surface area contributed by atoms with Gasteiger partial charge >= 0.3 is 0 Å². The highest BCUT2D eigenvalue weighted by Crippen LogP contribution is 2.21. The van der Waals surface area contributed by atoms with Gasteiger partial charge in [-0.25, -0.2) is 8.42 Å². The summed E-state index contributed by atoms with van der Waals surface area (Å²) in [5, 5.41) is 14.8. The molecule has 0 aromatic heterocycles. The minimum absolute atomic E-state index is 0.0978. The van der Waals surface area contributed by atoms with Gasteiger partial charge in [-0.1, -0.05) is 74.5 Å². The lowest BCUT2D eigenvalue weighted by Crippen LogP contribution is -2.55. The number of anilines is 1. The smallest absolute Gasteiger partial charge is 0.251 e. The topological polar surface area (TPSA) is 166 Å². The summed E-state index contributed by atoms with van der Waals surface area (Å²) in [6, 6.07) is 21.7. The first kappa shape index (κ1) is 41.7. The van der Waals surface area contributed by atoms with Crippen LogP contribution in [-0.4, -0.2) is 82.6 Å². The summed E-state index contributed by atoms with van der Waals surface area (Å²) >= 11 is 0. The number of sulfonamides is 1. The molecule has 0 saturated carbocycles. The van der Waals surface area contributed by atoms with Gasteiger partial charge in [0.25, 0.3) is 11.8 Å². The zero-order valence-corrected chi connectivity index (χ0v) is 32.0. The highest BCUT2D eigenvalue weighted by Gasteiger charge is 2.27. The maximum absolute atomic E-state index is 13.9. The molecule has 12 nitrogen and oxygen atoms in total. The largest absolute Gasteiger partial charge is 0.355 e. The van der Waals surface area contributed by atoms with Crippen LogP contribution in [0.5, 0.6) is 0 Å². The second-order valence-electron chi connectivity index (χ2n) is 13.5. The molecule has 0 aliphatic heterocycles. The van der Waals surface area contributed by atoms with Crippen molar-refractivity contribution in [3.05, 3.63) is 101 Å². The van der Waals surface area contributed by atoms with Crippen LogP contribution in [0.1, 0.15) is 72.9 Å². The Balaban J connectivity index is 1.82. The molecule has 13 heteroatoms. The fourth-order valence-electron chi connectivity index (χ4n) is 5.50. The standard InChI is InChI=1S/C39H54N6O6S/c1-8-40-39(49)35(26(2)3)44-36(46)28(5)41-25-33(21-30-17-13-10-14-18-30)43-38(48)32-22-31(23-34(24-32)45(6)52(7,50)51)37(47)42-27(4)19-20-29-15-11-9-12-16-29/h9-18,22-24,26-28,33,35,41H,8,19-21,25H2,1-7H3,(H,40,49)(H,42,47)(H,43,48)(H,44,46)/t27?,28-,33-,35-/m0/s1. The van der Waals surface area contributed by atoms with E-state index in [1.165, 1.54) is 25.2 Å². The Kier molecular flexibility index (Phi) is 15.8. The summed E-state index contributed by atoms with van der Waals surface area (Å²) in [7, 11) is -2.36. The number of likely N-dealkylation sites (N-methyl/N-ethyl adjacent to an activating group) is 1. The van der Waals surface area contributed by atoms with Crippen LogP contribution in [0, 0.1) is 5.92 Å². The molecule has 0 saturated heterocycles. The summed E-state index contributed by atoms with van der Waals surface area (Å²) < 4.78 is 26.0. The normalized spacial score (nSPS) is 13.7. The van der Waals surface area contributed by atoms with Gasteiger partial charge in [0.05, 0.1) is 18.0 Å². The average molecular weight is 735 g/mol. The van der Waals surface area contributed by atoms with Gasteiger partial charge in [0.1, 0.15) is 6.04 Å². The Hall–Kier alpha value is -4.75. The Morgan fingerprint density at radius 1 is 0.750 bits per heavy atom. The van der Waals surface area contributed by atoms with Crippen LogP contribution < -0.4 is 30.9 Å². The lowest BCUT2D eigenvalue weighted by molar-refractivity contribution is -0.130. The van der Waals surface area contributed by atoms with Crippen LogP contribution in [0.4, 0.5) is 5.69 Å².